The average Bonchev–Trinajstić information content (AvgIpc) is 2.75. The fourth-order valence-electron chi connectivity index (χ4n) is 2.87. The minimum atomic E-state index is -4.63. The van der Waals surface area contributed by atoms with Crippen molar-refractivity contribution in [3.8, 4) is 34.0 Å². The maximum absolute atomic E-state index is 13.6. The van der Waals surface area contributed by atoms with Crippen molar-refractivity contribution in [3.63, 3.8) is 0 Å². The zero-order valence-electron chi connectivity index (χ0n) is 15.1. The lowest BCUT2D eigenvalue weighted by atomic mass is 10.1. The van der Waals surface area contributed by atoms with Gasteiger partial charge < -0.3 is 4.74 Å². The molecule has 0 atom stereocenters. The molecule has 4 rings (SSSR count). The summed E-state index contributed by atoms with van der Waals surface area (Å²) < 4.78 is 46.2. The van der Waals surface area contributed by atoms with Crippen LogP contribution < -0.4 is 4.74 Å². The Morgan fingerprint density at radius 1 is 0.621 bits per heavy atom. The Morgan fingerprint density at radius 3 is 1.76 bits per heavy atom. The van der Waals surface area contributed by atoms with Crippen LogP contribution in [0.25, 0.3) is 22.4 Å². The van der Waals surface area contributed by atoms with Gasteiger partial charge in [0.1, 0.15) is 11.3 Å². The quantitative estimate of drug-likeness (QED) is 0.391. The van der Waals surface area contributed by atoms with Gasteiger partial charge in [-0.05, 0) is 29.3 Å². The molecule has 0 N–H and O–H groups in total. The lowest BCUT2D eigenvalue weighted by Crippen LogP contribution is -2.10. The van der Waals surface area contributed by atoms with Gasteiger partial charge in [-0.2, -0.15) is 13.2 Å². The van der Waals surface area contributed by atoms with Gasteiger partial charge in [0.2, 0.25) is 0 Å². The Labute approximate surface area is 165 Å². The number of ether oxygens (including phenoxy) is 1. The van der Waals surface area contributed by atoms with Crippen LogP contribution in [0.5, 0.6) is 11.6 Å². The number of rotatable bonds is 4. The summed E-state index contributed by atoms with van der Waals surface area (Å²) in [5, 5.41) is 7.61. The molecule has 0 aliphatic rings. The predicted octanol–water partition coefficient (Wildman–Crippen LogP) is 6.62. The van der Waals surface area contributed by atoms with E-state index in [1.54, 1.807) is 54.6 Å². The highest BCUT2D eigenvalue weighted by atomic mass is 19.4. The van der Waals surface area contributed by atoms with E-state index in [0.717, 1.165) is 17.2 Å². The minimum Gasteiger partial charge on any atom is -0.437 e. The van der Waals surface area contributed by atoms with Crippen LogP contribution in [0.15, 0.2) is 91.0 Å². The molecule has 0 fully saturated rings. The molecule has 0 saturated heterocycles. The van der Waals surface area contributed by atoms with Crippen LogP contribution in [0.3, 0.4) is 0 Å². The third-order valence-corrected chi connectivity index (χ3v) is 4.31. The molecule has 6 heteroatoms. The number of hydrogen-bond donors (Lipinski definition) is 0. The number of nitrogens with zero attached hydrogens (tertiary/aromatic N) is 2. The molecule has 29 heavy (non-hydrogen) atoms. The van der Waals surface area contributed by atoms with E-state index in [-0.39, 0.29) is 11.4 Å². The maximum Gasteiger partial charge on any atom is 0.421 e. The van der Waals surface area contributed by atoms with Crippen LogP contribution in [0, 0.1) is 0 Å². The zero-order chi connectivity index (χ0) is 20.3. The van der Waals surface area contributed by atoms with E-state index in [1.165, 1.54) is 0 Å². The number of hydrogen-bond acceptors (Lipinski definition) is 3. The van der Waals surface area contributed by atoms with E-state index in [4.69, 9.17) is 4.74 Å². The zero-order valence-corrected chi connectivity index (χ0v) is 15.1. The molecular formula is C23H15F3N2O. The smallest absolute Gasteiger partial charge is 0.421 e. The van der Waals surface area contributed by atoms with E-state index in [1.807, 2.05) is 30.3 Å². The molecule has 0 spiro atoms. The molecule has 0 saturated carbocycles. The summed E-state index contributed by atoms with van der Waals surface area (Å²) in [6, 6.07) is 25.9. The molecular weight excluding hydrogens is 377 g/mol. The van der Waals surface area contributed by atoms with Gasteiger partial charge in [-0.25, -0.2) is 0 Å². The van der Waals surface area contributed by atoms with Gasteiger partial charge >= 0.3 is 6.18 Å². The summed E-state index contributed by atoms with van der Waals surface area (Å²) in [6.45, 7) is 0. The van der Waals surface area contributed by atoms with Gasteiger partial charge in [0.15, 0.2) is 0 Å². The molecule has 1 aromatic heterocycles. The molecule has 0 unspecified atom stereocenters. The maximum atomic E-state index is 13.6. The van der Waals surface area contributed by atoms with Crippen molar-refractivity contribution in [1.82, 2.24) is 10.2 Å². The molecule has 144 valence electrons. The second kappa shape index (κ2) is 7.75. The van der Waals surface area contributed by atoms with Crippen molar-refractivity contribution in [2.24, 2.45) is 0 Å². The molecule has 0 bridgehead atoms. The largest absolute Gasteiger partial charge is 0.437 e. The minimum absolute atomic E-state index is 0.129. The van der Waals surface area contributed by atoms with Crippen LogP contribution >= 0.6 is 0 Å². The molecule has 4 aromatic rings. The standard InChI is InChI=1S/C23H15F3N2O/c24-23(25,26)20-15-21(18-9-5-2-6-10-18)27-28-22(20)29-19-13-11-17(12-14-19)16-7-3-1-4-8-16/h1-15H. The molecule has 3 nitrogen and oxygen atoms in total. The van der Waals surface area contributed by atoms with Crippen molar-refractivity contribution in [1.29, 1.82) is 0 Å². The Kier molecular flexibility index (Phi) is 4.99. The van der Waals surface area contributed by atoms with Gasteiger partial charge in [0, 0.05) is 5.56 Å². The third-order valence-electron chi connectivity index (χ3n) is 4.31. The van der Waals surface area contributed by atoms with Crippen LogP contribution in [0.2, 0.25) is 0 Å². The summed E-state index contributed by atoms with van der Waals surface area (Å²) in [7, 11) is 0. The number of alkyl halides is 3. The lowest BCUT2D eigenvalue weighted by Gasteiger charge is -2.13. The van der Waals surface area contributed by atoms with Crippen LogP contribution in [-0.2, 0) is 6.18 Å². The van der Waals surface area contributed by atoms with E-state index < -0.39 is 17.6 Å². The van der Waals surface area contributed by atoms with Gasteiger partial charge in [0.05, 0.1) is 5.69 Å². The first-order valence-electron chi connectivity index (χ1n) is 8.84. The highest BCUT2D eigenvalue weighted by molar-refractivity contribution is 5.64. The molecule has 0 aliphatic heterocycles. The summed E-state index contributed by atoms with van der Waals surface area (Å²) >= 11 is 0. The Bertz CT molecular complexity index is 1100. The van der Waals surface area contributed by atoms with E-state index >= 15 is 0 Å². The lowest BCUT2D eigenvalue weighted by molar-refractivity contribution is -0.139. The highest BCUT2D eigenvalue weighted by Gasteiger charge is 2.36. The second-order valence-electron chi connectivity index (χ2n) is 6.30. The number of halogens is 3. The molecule has 0 amide bonds. The Hall–Kier alpha value is -3.67. The number of aromatic nitrogens is 2. The SMILES string of the molecule is FC(F)(F)c1cc(-c2ccccc2)nnc1Oc1ccc(-c2ccccc2)cc1. The van der Waals surface area contributed by atoms with Crippen molar-refractivity contribution < 1.29 is 17.9 Å². The summed E-state index contributed by atoms with van der Waals surface area (Å²) in [4.78, 5) is 0. The van der Waals surface area contributed by atoms with Crippen LogP contribution in [-0.4, -0.2) is 10.2 Å². The monoisotopic (exact) mass is 392 g/mol. The first-order chi connectivity index (χ1) is 14.0. The highest BCUT2D eigenvalue weighted by Crippen LogP contribution is 2.38. The van der Waals surface area contributed by atoms with Gasteiger partial charge in [-0.1, -0.05) is 72.8 Å². The summed E-state index contributed by atoms with van der Waals surface area (Å²) in [5.74, 6) is -0.332. The van der Waals surface area contributed by atoms with Crippen LogP contribution in [0.4, 0.5) is 13.2 Å². The Balaban J connectivity index is 1.64. The van der Waals surface area contributed by atoms with Crippen LogP contribution in [0.1, 0.15) is 5.56 Å². The van der Waals surface area contributed by atoms with E-state index in [0.29, 0.717) is 5.56 Å². The Morgan fingerprint density at radius 2 is 1.17 bits per heavy atom. The topological polar surface area (TPSA) is 35.0 Å². The first-order valence-corrected chi connectivity index (χ1v) is 8.84. The fraction of sp³-hybridized carbons (Fsp3) is 0.0435. The normalized spacial score (nSPS) is 11.3. The first kappa shape index (κ1) is 18.7. The molecule has 0 radical (unpaired) electrons. The second-order valence-corrected chi connectivity index (χ2v) is 6.30. The van der Waals surface area contributed by atoms with Crippen molar-refractivity contribution >= 4 is 0 Å². The molecule has 1 heterocycles. The summed E-state index contributed by atoms with van der Waals surface area (Å²) in [6.07, 6.45) is -4.63. The van der Waals surface area contributed by atoms with Crippen molar-refractivity contribution in [2.75, 3.05) is 0 Å². The molecule has 0 aliphatic carbocycles. The van der Waals surface area contributed by atoms with Gasteiger partial charge in [-0.15, -0.1) is 10.2 Å². The van der Waals surface area contributed by atoms with E-state index in [9.17, 15) is 13.2 Å². The van der Waals surface area contributed by atoms with Crippen molar-refractivity contribution in [3.05, 3.63) is 96.6 Å². The van der Waals surface area contributed by atoms with Gasteiger partial charge in [-0.3, -0.25) is 0 Å². The third kappa shape index (κ3) is 4.27. The predicted molar refractivity (Wildman–Crippen MR) is 104 cm³/mol. The van der Waals surface area contributed by atoms with Crippen molar-refractivity contribution in [2.45, 2.75) is 6.18 Å². The summed E-state index contributed by atoms with van der Waals surface area (Å²) in [5.41, 5.74) is 1.63. The number of benzene rings is 3. The van der Waals surface area contributed by atoms with E-state index in [2.05, 4.69) is 10.2 Å². The van der Waals surface area contributed by atoms with Gasteiger partial charge in [0.25, 0.3) is 5.88 Å². The average molecular weight is 392 g/mol. The molecule has 3 aromatic carbocycles. The fourth-order valence-corrected chi connectivity index (χ4v) is 2.87.